The summed E-state index contributed by atoms with van der Waals surface area (Å²) in [5.74, 6) is 0.496. The van der Waals surface area contributed by atoms with Crippen molar-refractivity contribution in [2.45, 2.75) is 70.5 Å². The number of halogens is 1. The monoisotopic (exact) mass is 364 g/mol. The molecule has 2 aliphatic carbocycles. The van der Waals surface area contributed by atoms with Crippen LogP contribution in [0.4, 0.5) is 4.39 Å². The van der Waals surface area contributed by atoms with Crippen molar-refractivity contribution >= 4 is 11.8 Å². The molecule has 3 N–H and O–H groups in total. The fourth-order valence-electron chi connectivity index (χ4n) is 3.80. The van der Waals surface area contributed by atoms with Crippen LogP contribution in [0.2, 0.25) is 0 Å². The lowest BCUT2D eigenvalue weighted by Crippen LogP contribution is -2.58. The molecule has 2 amide bonds. The number of amides is 2. The zero-order chi connectivity index (χ0) is 18.7. The Kier molecular flexibility index (Phi) is 5.63. The largest absolute Gasteiger partial charge is 0.353 e. The van der Waals surface area contributed by atoms with E-state index in [1.165, 1.54) is 19.3 Å². The second-order valence-electron chi connectivity index (χ2n) is 8.17. The minimum atomic E-state index is -1.42. The molecule has 144 valence electrons. The Bertz CT molecular complexity index is 650. The van der Waals surface area contributed by atoms with Gasteiger partial charge in [-0.25, -0.2) is 4.39 Å². The van der Waals surface area contributed by atoms with Crippen LogP contribution in [0, 0.1) is 18.8 Å². The van der Waals surface area contributed by atoms with Gasteiger partial charge in [-0.05, 0) is 19.3 Å². The molecule has 0 spiro atoms. The van der Waals surface area contributed by atoms with Crippen molar-refractivity contribution in [3.63, 3.8) is 0 Å². The summed E-state index contributed by atoms with van der Waals surface area (Å²) in [7, 11) is 0. The summed E-state index contributed by atoms with van der Waals surface area (Å²) in [6, 6.07) is -0.121. The normalized spacial score (nSPS) is 26.5. The van der Waals surface area contributed by atoms with E-state index in [1.54, 1.807) is 6.20 Å². The number of H-pyrrole nitrogens is 1. The summed E-state index contributed by atoms with van der Waals surface area (Å²) in [6.07, 6.45) is 7.00. The highest BCUT2D eigenvalue weighted by Crippen LogP contribution is 2.36. The SMILES string of the molecule is Cc1[nH]ncc1CC(=O)NCC1(F)CC(NC(=O)C(C)CC2CCC2)C1. The molecule has 0 saturated heterocycles. The first-order valence-corrected chi connectivity index (χ1v) is 9.59. The molecule has 3 rings (SSSR count). The summed E-state index contributed by atoms with van der Waals surface area (Å²) in [5, 5.41) is 12.3. The Hall–Kier alpha value is -1.92. The molecule has 0 aliphatic heterocycles. The molecular weight excluding hydrogens is 335 g/mol. The predicted molar refractivity (Wildman–Crippen MR) is 96.2 cm³/mol. The molecule has 0 aromatic carbocycles. The first-order valence-electron chi connectivity index (χ1n) is 9.59. The fraction of sp³-hybridized carbons (Fsp3) is 0.737. The third-order valence-electron chi connectivity index (χ3n) is 5.82. The van der Waals surface area contributed by atoms with Crippen molar-refractivity contribution in [2.24, 2.45) is 11.8 Å². The summed E-state index contributed by atoms with van der Waals surface area (Å²) in [6.45, 7) is 3.79. The Labute approximate surface area is 153 Å². The third-order valence-corrected chi connectivity index (χ3v) is 5.82. The van der Waals surface area contributed by atoms with Crippen LogP contribution < -0.4 is 10.6 Å². The number of carbonyl (C=O) groups excluding carboxylic acids is 2. The summed E-state index contributed by atoms with van der Waals surface area (Å²) in [5.41, 5.74) is 0.239. The van der Waals surface area contributed by atoms with Crippen molar-refractivity contribution < 1.29 is 14.0 Å². The van der Waals surface area contributed by atoms with Gasteiger partial charge < -0.3 is 10.6 Å². The van der Waals surface area contributed by atoms with Crippen LogP contribution in [-0.4, -0.2) is 40.3 Å². The number of hydrogen-bond donors (Lipinski definition) is 3. The number of aromatic amines is 1. The molecule has 7 heteroatoms. The lowest BCUT2D eigenvalue weighted by molar-refractivity contribution is -0.128. The van der Waals surface area contributed by atoms with Crippen LogP contribution in [0.1, 0.15) is 56.7 Å². The van der Waals surface area contributed by atoms with E-state index in [-0.39, 0.29) is 49.6 Å². The van der Waals surface area contributed by atoms with Gasteiger partial charge >= 0.3 is 0 Å². The summed E-state index contributed by atoms with van der Waals surface area (Å²) in [4.78, 5) is 24.1. The van der Waals surface area contributed by atoms with Crippen molar-refractivity contribution in [3.05, 3.63) is 17.5 Å². The van der Waals surface area contributed by atoms with Gasteiger partial charge in [0.05, 0.1) is 19.2 Å². The van der Waals surface area contributed by atoms with Crippen molar-refractivity contribution in [3.8, 4) is 0 Å². The molecule has 2 fully saturated rings. The first-order chi connectivity index (χ1) is 12.3. The molecule has 2 aliphatic rings. The number of hydrogen-bond acceptors (Lipinski definition) is 3. The van der Waals surface area contributed by atoms with Crippen LogP contribution in [0.25, 0.3) is 0 Å². The second kappa shape index (κ2) is 7.76. The lowest BCUT2D eigenvalue weighted by Gasteiger charge is -2.42. The number of carbonyl (C=O) groups is 2. The molecule has 1 aromatic rings. The lowest BCUT2D eigenvalue weighted by atomic mass is 9.76. The van der Waals surface area contributed by atoms with Gasteiger partial charge in [-0.3, -0.25) is 14.7 Å². The maximum Gasteiger partial charge on any atom is 0.224 e. The molecular formula is C19H29FN4O2. The molecule has 0 radical (unpaired) electrons. The van der Waals surface area contributed by atoms with E-state index in [2.05, 4.69) is 20.8 Å². The molecule has 1 aromatic heterocycles. The van der Waals surface area contributed by atoms with E-state index in [0.29, 0.717) is 5.92 Å². The number of aromatic nitrogens is 2. The molecule has 2 saturated carbocycles. The van der Waals surface area contributed by atoms with Gasteiger partial charge in [0.25, 0.3) is 0 Å². The van der Waals surface area contributed by atoms with Gasteiger partial charge in [-0.2, -0.15) is 5.10 Å². The van der Waals surface area contributed by atoms with Gasteiger partial charge in [-0.1, -0.05) is 26.2 Å². The van der Waals surface area contributed by atoms with Crippen LogP contribution in [0.5, 0.6) is 0 Å². The van der Waals surface area contributed by atoms with E-state index in [0.717, 1.165) is 17.7 Å². The van der Waals surface area contributed by atoms with Gasteiger partial charge in [0, 0.05) is 36.1 Å². The number of rotatable bonds is 8. The average Bonchev–Trinajstić information content (AvgIpc) is 2.92. The first kappa shape index (κ1) is 18.9. The topological polar surface area (TPSA) is 86.9 Å². The van der Waals surface area contributed by atoms with Crippen molar-refractivity contribution in [1.82, 2.24) is 20.8 Å². The van der Waals surface area contributed by atoms with E-state index in [4.69, 9.17) is 0 Å². The maximum absolute atomic E-state index is 14.6. The average molecular weight is 364 g/mol. The molecule has 1 unspecified atom stereocenters. The zero-order valence-electron chi connectivity index (χ0n) is 15.6. The summed E-state index contributed by atoms with van der Waals surface area (Å²) >= 11 is 0. The number of nitrogens with zero attached hydrogens (tertiary/aromatic N) is 1. The van der Waals surface area contributed by atoms with Crippen LogP contribution in [0.15, 0.2) is 6.20 Å². The van der Waals surface area contributed by atoms with Crippen LogP contribution in [-0.2, 0) is 16.0 Å². The van der Waals surface area contributed by atoms with E-state index in [1.807, 2.05) is 13.8 Å². The smallest absolute Gasteiger partial charge is 0.224 e. The van der Waals surface area contributed by atoms with Gasteiger partial charge in [0.2, 0.25) is 11.8 Å². The standard InChI is InChI=1S/C19H29FN4O2/c1-12(6-14-4-3-5-14)18(26)23-16-8-19(20,9-16)11-21-17(25)7-15-10-22-24-13(15)2/h10,12,14,16H,3-9,11H2,1-2H3,(H,21,25)(H,22,24)(H,23,26). The molecule has 26 heavy (non-hydrogen) atoms. The quantitative estimate of drug-likeness (QED) is 0.661. The van der Waals surface area contributed by atoms with Crippen LogP contribution in [0.3, 0.4) is 0 Å². The highest BCUT2D eigenvalue weighted by Gasteiger charge is 2.45. The Balaban J connectivity index is 1.34. The van der Waals surface area contributed by atoms with Crippen molar-refractivity contribution in [1.29, 1.82) is 0 Å². The molecule has 6 nitrogen and oxygen atoms in total. The van der Waals surface area contributed by atoms with E-state index < -0.39 is 5.67 Å². The second-order valence-corrected chi connectivity index (χ2v) is 8.17. The van der Waals surface area contributed by atoms with Gasteiger partial charge in [0.1, 0.15) is 5.67 Å². The Morgan fingerprint density at radius 1 is 1.42 bits per heavy atom. The molecule has 0 bridgehead atoms. The van der Waals surface area contributed by atoms with E-state index >= 15 is 0 Å². The number of alkyl halides is 1. The molecule has 1 atom stereocenters. The maximum atomic E-state index is 14.6. The minimum Gasteiger partial charge on any atom is -0.353 e. The predicted octanol–water partition coefficient (Wildman–Crippen LogP) is 2.19. The van der Waals surface area contributed by atoms with E-state index in [9.17, 15) is 14.0 Å². The third kappa shape index (κ3) is 4.62. The Morgan fingerprint density at radius 3 is 2.73 bits per heavy atom. The van der Waals surface area contributed by atoms with Gasteiger partial charge in [0.15, 0.2) is 0 Å². The highest BCUT2D eigenvalue weighted by atomic mass is 19.1. The number of nitrogens with one attached hydrogen (secondary N) is 3. The van der Waals surface area contributed by atoms with Gasteiger partial charge in [-0.15, -0.1) is 0 Å². The van der Waals surface area contributed by atoms with Crippen molar-refractivity contribution in [2.75, 3.05) is 6.54 Å². The highest BCUT2D eigenvalue weighted by molar-refractivity contribution is 5.79. The molecule has 1 heterocycles. The summed E-state index contributed by atoms with van der Waals surface area (Å²) < 4.78 is 14.6. The number of aryl methyl sites for hydroxylation is 1. The Morgan fingerprint density at radius 2 is 2.15 bits per heavy atom. The minimum absolute atomic E-state index is 0.00665. The van der Waals surface area contributed by atoms with Crippen LogP contribution >= 0.6 is 0 Å². The fourth-order valence-corrected chi connectivity index (χ4v) is 3.80. The zero-order valence-corrected chi connectivity index (χ0v) is 15.6.